The van der Waals surface area contributed by atoms with Crippen LogP contribution < -0.4 is 11.3 Å². The van der Waals surface area contributed by atoms with Crippen LogP contribution in [0.1, 0.15) is 18.9 Å². The van der Waals surface area contributed by atoms with E-state index in [4.69, 9.17) is 10.6 Å². The molecule has 2 rings (SSSR count). The number of nitro groups is 1. The number of rotatable bonds is 5. The number of nitrogens with two attached hydrogens (primary N) is 1. The van der Waals surface area contributed by atoms with Crippen LogP contribution >= 0.6 is 0 Å². The highest BCUT2D eigenvalue weighted by molar-refractivity contribution is 5.61. The molecule has 0 spiro atoms. The summed E-state index contributed by atoms with van der Waals surface area (Å²) in [5.41, 5.74) is 3.60. The Kier molecular flexibility index (Phi) is 4.89. The molecule has 0 saturated carbocycles. The predicted octanol–water partition coefficient (Wildman–Crippen LogP) is 1.49. The van der Waals surface area contributed by atoms with Gasteiger partial charge in [0.1, 0.15) is 5.69 Å². The number of nitrogen functional groups attached to an aromatic ring is 1. The second-order valence-electron chi connectivity index (χ2n) is 4.86. The standard InChI is InChI=1S/C13H20N4O3/c1-2-11-9-20-6-5-16(11)8-10-3-4-12(15-14)13(7-10)17(18)19/h3-4,7,11,15H,2,5-6,8-9,14H2,1H3. The molecule has 110 valence electrons. The van der Waals surface area contributed by atoms with Crippen molar-refractivity contribution in [3.63, 3.8) is 0 Å². The van der Waals surface area contributed by atoms with Gasteiger partial charge in [0.05, 0.1) is 18.1 Å². The van der Waals surface area contributed by atoms with Crippen LogP contribution in [-0.2, 0) is 11.3 Å². The largest absolute Gasteiger partial charge is 0.378 e. The molecule has 1 saturated heterocycles. The lowest BCUT2D eigenvalue weighted by Gasteiger charge is -2.35. The molecule has 0 bridgehead atoms. The van der Waals surface area contributed by atoms with E-state index in [2.05, 4.69) is 17.2 Å². The SMILES string of the molecule is CCC1COCCN1Cc1ccc(NN)c([N+](=O)[O-])c1. The summed E-state index contributed by atoms with van der Waals surface area (Å²) in [5.74, 6) is 5.28. The van der Waals surface area contributed by atoms with Gasteiger partial charge in [0.2, 0.25) is 0 Å². The quantitative estimate of drug-likeness (QED) is 0.482. The van der Waals surface area contributed by atoms with Crippen molar-refractivity contribution in [3.8, 4) is 0 Å². The summed E-state index contributed by atoms with van der Waals surface area (Å²) in [6.45, 7) is 5.09. The Bertz CT molecular complexity index is 481. The molecule has 1 heterocycles. The Labute approximate surface area is 117 Å². The topological polar surface area (TPSA) is 93.7 Å². The number of hydrogen-bond acceptors (Lipinski definition) is 6. The third kappa shape index (κ3) is 3.24. The van der Waals surface area contributed by atoms with Gasteiger partial charge in [0, 0.05) is 25.2 Å². The number of hydrogen-bond donors (Lipinski definition) is 2. The first kappa shape index (κ1) is 14.7. The zero-order valence-electron chi connectivity index (χ0n) is 11.5. The summed E-state index contributed by atoms with van der Waals surface area (Å²) in [6, 6.07) is 5.46. The van der Waals surface area contributed by atoms with Gasteiger partial charge in [-0.1, -0.05) is 13.0 Å². The number of nitrogens with one attached hydrogen (secondary N) is 1. The molecular weight excluding hydrogens is 260 g/mol. The molecule has 1 unspecified atom stereocenters. The van der Waals surface area contributed by atoms with Crippen LogP contribution in [0.15, 0.2) is 18.2 Å². The van der Waals surface area contributed by atoms with Gasteiger partial charge in [0.15, 0.2) is 0 Å². The van der Waals surface area contributed by atoms with Crippen LogP contribution in [0.2, 0.25) is 0 Å². The number of hydrazine groups is 1. The van der Waals surface area contributed by atoms with Crippen molar-refractivity contribution in [2.45, 2.75) is 25.9 Å². The van der Waals surface area contributed by atoms with E-state index in [9.17, 15) is 10.1 Å². The summed E-state index contributed by atoms with van der Waals surface area (Å²) < 4.78 is 5.46. The average molecular weight is 280 g/mol. The molecular formula is C13H20N4O3. The molecule has 0 aromatic heterocycles. The van der Waals surface area contributed by atoms with Crippen molar-refractivity contribution in [2.75, 3.05) is 25.2 Å². The Morgan fingerprint density at radius 3 is 3.05 bits per heavy atom. The molecule has 7 nitrogen and oxygen atoms in total. The van der Waals surface area contributed by atoms with E-state index in [1.54, 1.807) is 12.1 Å². The van der Waals surface area contributed by atoms with E-state index in [0.29, 0.717) is 24.9 Å². The van der Waals surface area contributed by atoms with Gasteiger partial charge < -0.3 is 10.2 Å². The fourth-order valence-electron chi connectivity index (χ4n) is 2.46. The maximum absolute atomic E-state index is 11.0. The number of benzene rings is 1. The molecule has 1 aromatic rings. The summed E-state index contributed by atoms with van der Waals surface area (Å²) in [4.78, 5) is 12.9. The van der Waals surface area contributed by atoms with Gasteiger partial charge in [-0.05, 0) is 18.1 Å². The molecule has 0 radical (unpaired) electrons. The van der Waals surface area contributed by atoms with Crippen LogP contribution in [0, 0.1) is 10.1 Å². The van der Waals surface area contributed by atoms with Gasteiger partial charge in [-0.15, -0.1) is 0 Å². The van der Waals surface area contributed by atoms with Crippen LogP contribution in [0.25, 0.3) is 0 Å². The van der Waals surface area contributed by atoms with Crippen molar-refractivity contribution >= 4 is 11.4 Å². The Balaban J connectivity index is 2.16. The summed E-state index contributed by atoms with van der Waals surface area (Å²) >= 11 is 0. The van der Waals surface area contributed by atoms with Gasteiger partial charge in [-0.3, -0.25) is 20.9 Å². The average Bonchev–Trinajstić information content (AvgIpc) is 2.47. The van der Waals surface area contributed by atoms with Gasteiger partial charge in [-0.25, -0.2) is 0 Å². The summed E-state index contributed by atoms with van der Waals surface area (Å²) in [7, 11) is 0. The van der Waals surface area contributed by atoms with E-state index in [-0.39, 0.29) is 5.69 Å². The molecule has 3 N–H and O–H groups in total. The van der Waals surface area contributed by atoms with E-state index >= 15 is 0 Å². The smallest absolute Gasteiger partial charge is 0.293 e. The molecule has 0 aliphatic carbocycles. The number of nitro benzene ring substituents is 1. The lowest BCUT2D eigenvalue weighted by Crippen LogP contribution is -2.44. The summed E-state index contributed by atoms with van der Waals surface area (Å²) in [5, 5.41) is 11.0. The van der Waals surface area contributed by atoms with Crippen molar-refractivity contribution < 1.29 is 9.66 Å². The van der Waals surface area contributed by atoms with E-state index in [0.717, 1.165) is 25.1 Å². The zero-order chi connectivity index (χ0) is 14.5. The summed E-state index contributed by atoms with van der Waals surface area (Å²) in [6.07, 6.45) is 1.00. The highest BCUT2D eigenvalue weighted by Crippen LogP contribution is 2.26. The van der Waals surface area contributed by atoms with Crippen molar-refractivity contribution in [1.82, 2.24) is 4.90 Å². The second-order valence-corrected chi connectivity index (χ2v) is 4.86. The van der Waals surface area contributed by atoms with E-state index < -0.39 is 4.92 Å². The lowest BCUT2D eigenvalue weighted by atomic mass is 10.1. The van der Waals surface area contributed by atoms with Crippen molar-refractivity contribution in [3.05, 3.63) is 33.9 Å². The number of anilines is 1. The maximum Gasteiger partial charge on any atom is 0.293 e. The zero-order valence-corrected chi connectivity index (χ0v) is 11.5. The van der Waals surface area contributed by atoms with Crippen molar-refractivity contribution in [1.29, 1.82) is 0 Å². The van der Waals surface area contributed by atoms with Crippen molar-refractivity contribution in [2.24, 2.45) is 5.84 Å². The highest BCUT2D eigenvalue weighted by atomic mass is 16.6. The van der Waals surface area contributed by atoms with E-state index in [1.807, 2.05) is 6.07 Å². The monoisotopic (exact) mass is 280 g/mol. The van der Waals surface area contributed by atoms with E-state index in [1.165, 1.54) is 0 Å². The molecule has 1 fully saturated rings. The molecule has 20 heavy (non-hydrogen) atoms. The van der Waals surface area contributed by atoms with Crippen LogP contribution in [-0.4, -0.2) is 35.6 Å². The van der Waals surface area contributed by atoms with Crippen LogP contribution in [0.3, 0.4) is 0 Å². The third-order valence-electron chi connectivity index (χ3n) is 3.62. The minimum absolute atomic E-state index is 0.00584. The first-order valence-electron chi connectivity index (χ1n) is 6.71. The number of nitrogens with zero attached hydrogens (tertiary/aromatic N) is 2. The Morgan fingerprint density at radius 1 is 1.60 bits per heavy atom. The van der Waals surface area contributed by atoms with Gasteiger partial charge in [0.25, 0.3) is 5.69 Å². The minimum Gasteiger partial charge on any atom is -0.378 e. The maximum atomic E-state index is 11.0. The minimum atomic E-state index is -0.421. The Hall–Kier alpha value is -1.70. The lowest BCUT2D eigenvalue weighted by molar-refractivity contribution is -0.384. The molecule has 1 aliphatic heterocycles. The second kappa shape index (κ2) is 6.65. The first-order valence-corrected chi connectivity index (χ1v) is 6.71. The molecule has 1 atom stereocenters. The Morgan fingerprint density at radius 2 is 2.40 bits per heavy atom. The third-order valence-corrected chi connectivity index (χ3v) is 3.62. The fourth-order valence-corrected chi connectivity index (χ4v) is 2.46. The highest BCUT2D eigenvalue weighted by Gasteiger charge is 2.22. The molecule has 1 aliphatic rings. The van der Waals surface area contributed by atoms with Gasteiger partial charge >= 0.3 is 0 Å². The van der Waals surface area contributed by atoms with Crippen LogP contribution in [0.5, 0.6) is 0 Å². The molecule has 1 aromatic carbocycles. The fraction of sp³-hybridized carbons (Fsp3) is 0.538. The molecule has 7 heteroatoms. The first-order chi connectivity index (χ1) is 9.65. The van der Waals surface area contributed by atoms with Crippen LogP contribution in [0.4, 0.5) is 11.4 Å². The number of ether oxygens (including phenoxy) is 1. The predicted molar refractivity (Wildman–Crippen MR) is 76.2 cm³/mol. The normalized spacial score (nSPS) is 19.8. The van der Waals surface area contributed by atoms with Gasteiger partial charge in [-0.2, -0.15) is 0 Å². The number of morpholine rings is 1. The molecule has 0 amide bonds.